The molecule has 1 heterocycles. The highest BCUT2D eigenvalue weighted by Gasteiger charge is 2.10. The molecule has 0 bridgehead atoms. The summed E-state index contributed by atoms with van der Waals surface area (Å²) in [5.74, 6) is 3.05. The van der Waals surface area contributed by atoms with Gasteiger partial charge in [0.15, 0.2) is 0 Å². The Labute approximate surface area is 200 Å². The highest BCUT2D eigenvalue weighted by Crippen LogP contribution is 2.29. The van der Waals surface area contributed by atoms with Gasteiger partial charge in [0.1, 0.15) is 23.2 Å². The minimum absolute atomic E-state index is 0.186. The third-order valence-electron chi connectivity index (χ3n) is 4.50. The monoisotopic (exact) mass is 480 g/mol. The fourth-order valence-electron chi connectivity index (χ4n) is 2.90. The molecule has 3 aromatic rings. The second-order valence-electron chi connectivity index (χ2n) is 6.71. The number of carbonyl (C=O) groups is 2. The maximum Gasteiger partial charge on any atom is 0.306 e. The van der Waals surface area contributed by atoms with E-state index in [0.717, 1.165) is 34.7 Å². The number of furan rings is 1. The van der Waals surface area contributed by atoms with Crippen molar-refractivity contribution in [2.24, 2.45) is 21.5 Å². The quantitative estimate of drug-likeness (QED) is 0.339. The number of amides is 2. The third kappa shape index (κ3) is 6.59. The number of hydrogen-bond acceptors (Lipinski definition) is 5. The summed E-state index contributed by atoms with van der Waals surface area (Å²) in [5.41, 5.74) is 14.9. The predicted octanol–water partition coefficient (Wildman–Crippen LogP) is 5.77. The van der Waals surface area contributed by atoms with Crippen LogP contribution in [0.25, 0.3) is 22.6 Å². The first kappa shape index (κ1) is 24.3. The molecule has 0 atom stereocenters. The summed E-state index contributed by atoms with van der Waals surface area (Å²) >= 11 is 2.22. The number of nitrogens with zero attached hydrogens (tertiary/aromatic N) is 2. The maximum atomic E-state index is 11.6. The highest BCUT2D eigenvalue weighted by molar-refractivity contribution is 8.13. The summed E-state index contributed by atoms with van der Waals surface area (Å²) in [4.78, 5) is 31.0. The fourth-order valence-corrected chi connectivity index (χ4v) is 3.72. The number of nitrogens with two attached hydrogens (primary N) is 2. The molecule has 0 aliphatic carbocycles. The Hall–Kier alpha value is -3.30. The van der Waals surface area contributed by atoms with Crippen molar-refractivity contribution in [1.82, 2.24) is 0 Å². The number of amidine groups is 2. The second kappa shape index (κ2) is 11.5. The molecule has 0 radical (unpaired) electrons. The molecule has 0 aliphatic heterocycles. The molecule has 33 heavy (non-hydrogen) atoms. The van der Waals surface area contributed by atoms with Crippen LogP contribution in [0.3, 0.4) is 0 Å². The van der Waals surface area contributed by atoms with Gasteiger partial charge in [-0.15, -0.1) is 0 Å². The van der Waals surface area contributed by atoms with Crippen molar-refractivity contribution in [1.29, 1.82) is 0 Å². The number of benzene rings is 2. The zero-order chi connectivity index (χ0) is 23.8. The lowest BCUT2D eigenvalue weighted by Gasteiger charge is -2.03. The molecular weight excluding hydrogens is 456 g/mol. The topological polar surface area (TPSA) is 124 Å². The minimum atomic E-state index is -0.305. The summed E-state index contributed by atoms with van der Waals surface area (Å²) in [6.45, 7) is 3.77. The van der Waals surface area contributed by atoms with E-state index in [1.165, 1.54) is 0 Å². The van der Waals surface area contributed by atoms with Crippen LogP contribution in [0, 0.1) is 0 Å². The largest absolute Gasteiger partial charge is 0.456 e. The molecule has 3 rings (SSSR count). The Kier molecular flexibility index (Phi) is 8.51. The summed E-state index contributed by atoms with van der Waals surface area (Å²) in [6.07, 6.45) is 0. The van der Waals surface area contributed by atoms with Gasteiger partial charge in [-0.1, -0.05) is 85.9 Å². The number of thioether (sulfide) groups is 2. The van der Waals surface area contributed by atoms with E-state index in [-0.39, 0.29) is 22.1 Å². The van der Waals surface area contributed by atoms with Crippen LogP contribution in [-0.4, -0.2) is 33.7 Å². The average Bonchev–Trinajstić information content (AvgIpc) is 3.30. The van der Waals surface area contributed by atoms with Gasteiger partial charge in [0.25, 0.3) is 0 Å². The molecule has 7 nitrogen and oxygen atoms in total. The summed E-state index contributed by atoms with van der Waals surface area (Å²) in [7, 11) is 0. The van der Waals surface area contributed by atoms with Crippen LogP contribution < -0.4 is 11.5 Å². The zero-order valence-electron chi connectivity index (χ0n) is 18.3. The van der Waals surface area contributed by atoms with Crippen molar-refractivity contribution in [2.75, 3.05) is 11.5 Å². The molecule has 0 fully saturated rings. The van der Waals surface area contributed by atoms with Gasteiger partial charge in [0, 0.05) is 22.3 Å². The molecule has 0 saturated heterocycles. The van der Waals surface area contributed by atoms with E-state index in [1.807, 2.05) is 50.2 Å². The standard InChI is InChI=1S/C24H24N4O3S2/c1-3-32-23(29)27-21(25)17-9-5-15(6-10-17)19-13-14-20(31-19)16-7-11-18(12-8-16)22(26)28-24(30)33-4-2/h5-14H,3-4H2,1-2H3,(H2,25,27,29)(H2,26,28,30). The Morgan fingerprint density at radius 2 is 1.06 bits per heavy atom. The van der Waals surface area contributed by atoms with Gasteiger partial charge in [-0.2, -0.15) is 9.98 Å². The fraction of sp³-hybridized carbons (Fsp3) is 0.167. The molecule has 170 valence electrons. The van der Waals surface area contributed by atoms with Crippen molar-refractivity contribution in [2.45, 2.75) is 13.8 Å². The van der Waals surface area contributed by atoms with Crippen LogP contribution in [0.15, 0.2) is 75.1 Å². The lowest BCUT2D eigenvalue weighted by Crippen LogP contribution is -2.14. The maximum absolute atomic E-state index is 11.6. The van der Waals surface area contributed by atoms with Crippen LogP contribution in [0.1, 0.15) is 25.0 Å². The normalized spacial score (nSPS) is 12.1. The molecule has 2 aromatic carbocycles. The molecule has 0 aliphatic rings. The van der Waals surface area contributed by atoms with E-state index >= 15 is 0 Å². The Bertz CT molecular complexity index is 1090. The molecular formula is C24H24N4O3S2. The lowest BCUT2D eigenvalue weighted by molar-refractivity contribution is 0.266. The second-order valence-corrected chi connectivity index (χ2v) is 9.14. The molecule has 2 amide bonds. The first-order valence-corrected chi connectivity index (χ1v) is 12.2. The Morgan fingerprint density at radius 1 is 0.697 bits per heavy atom. The van der Waals surface area contributed by atoms with Crippen LogP contribution in [0.5, 0.6) is 0 Å². The van der Waals surface area contributed by atoms with Crippen molar-refractivity contribution in [3.63, 3.8) is 0 Å². The van der Waals surface area contributed by atoms with Crippen molar-refractivity contribution in [3.05, 3.63) is 71.8 Å². The summed E-state index contributed by atoms with van der Waals surface area (Å²) < 4.78 is 6.01. The SMILES string of the molecule is CCSC(=O)/N=C(\N)c1ccc(-c2ccc(-c3ccc(/C(N)=N\C(=O)SCC)cc3)o2)cc1. The van der Waals surface area contributed by atoms with Crippen molar-refractivity contribution < 1.29 is 14.0 Å². The van der Waals surface area contributed by atoms with Crippen LogP contribution in [0.2, 0.25) is 0 Å². The van der Waals surface area contributed by atoms with Crippen LogP contribution >= 0.6 is 23.5 Å². The van der Waals surface area contributed by atoms with Gasteiger partial charge in [-0.3, -0.25) is 9.59 Å². The number of aliphatic imine (C=N–C) groups is 2. The van der Waals surface area contributed by atoms with E-state index in [1.54, 1.807) is 24.3 Å². The number of carbonyl (C=O) groups excluding carboxylic acids is 2. The molecule has 9 heteroatoms. The summed E-state index contributed by atoms with van der Waals surface area (Å²) in [6, 6.07) is 18.4. The predicted molar refractivity (Wildman–Crippen MR) is 138 cm³/mol. The summed E-state index contributed by atoms with van der Waals surface area (Å²) in [5, 5.41) is -0.611. The molecule has 4 N–H and O–H groups in total. The van der Waals surface area contributed by atoms with Crippen LogP contribution in [-0.2, 0) is 0 Å². The lowest BCUT2D eigenvalue weighted by atomic mass is 10.1. The molecule has 0 saturated carbocycles. The number of rotatable bonds is 6. The van der Waals surface area contributed by atoms with Crippen LogP contribution in [0.4, 0.5) is 9.59 Å². The minimum Gasteiger partial charge on any atom is -0.456 e. The van der Waals surface area contributed by atoms with Crippen molar-refractivity contribution >= 4 is 45.7 Å². The van der Waals surface area contributed by atoms with E-state index in [9.17, 15) is 9.59 Å². The number of hydrogen-bond donors (Lipinski definition) is 2. The van der Waals surface area contributed by atoms with Gasteiger partial charge >= 0.3 is 10.5 Å². The van der Waals surface area contributed by atoms with Gasteiger partial charge in [0.05, 0.1) is 0 Å². The van der Waals surface area contributed by atoms with Gasteiger partial charge in [-0.05, 0) is 23.6 Å². The Balaban J connectivity index is 1.73. The van der Waals surface area contributed by atoms with E-state index in [0.29, 0.717) is 34.2 Å². The average molecular weight is 481 g/mol. The first-order chi connectivity index (χ1) is 15.9. The van der Waals surface area contributed by atoms with E-state index in [2.05, 4.69) is 9.98 Å². The van der Waals surface area contributed by atoms with Crippen molar-refractivity contribution in [3.8, 4) is 22.6 Å². The first-order valence-electron chi connectivity index (χ1n) is 10.2. The van der Waals surface area contributed by atoms with Gasteiger partial charge in [0.2, 0.25) is 0 Å². The smallest absolute Gasteiger partial charge is 0.306 e. The van der Waals surface area contributed by atoms with Gasteiger partial charge < -0.3 is 15.9 Å². The molecule has 0 unspecified atom stereocenters. The highest BCUT2D eigenvalue weighted by atomic mass is 32.2. The zero-order valence-corrected chi connectivity index (χ0v) is 19.9. The molecule has 1 aromatic heterocycles. The van der Waals surface area contributed by atoms with E-state index in [4.69, 9.17) is 15.9 Å². The molecule has 0 spiro atoms. The Morgan fingerprint density at radius 3 is 1.39 bits per heavy atom. The van der Waals surface area contributed by atoms with E-state index < -0.39 is 0 Å². The van der Waals surface area contributed by atoms with Gasteiger partial charge in [-0.25, -0.2) is 0 Å². The third-order valence-corrected chi connectivity index (χ3v) is 5.75.